The van der Waals surface area contributed by atoms with Crippen molar-refractivity contribution in [3.8, 4) is 0 Å². The zero-order valence-corrected chi connectivity index (χ0v) is 16.7. The van der Waals surface area contributed by atoms with Crippen molar-refractivity contribution < 1.29 is 8.42 Å². The Morgan fingerprint density at radius 1 is 0.846 bits per heavy atom. The number of nitrogens with zero attached hydrogens (tertiary/aromatic N) is 1. The van der Waals surface area contributed by atoms with Crippen LogP contribution in [0.1, 0.15) is 71.1 Å². The number of nitrogens with one attached hydrogen (secondary N) is 1. The van der Waals surface area contributed by atoms with Gasteiger partial charge in [-0.1, -0.05) is 82.9 Å². The second-order valence-electron chi connectivity index (χ2n) is 6.98. The van der Waals surface area contributed by atoms with Crippen molar-refractivity contribution >= 4 is 26.6 Å². The summed E-state index contributed by atoms with van der Waals surface area (Å²) in [5, 5.41) is 0.937. The molecule has 0 atom stereocenters. The largest absolute Gasteiger partial charge is 0.281 e. The number of aromatic nitrogens is 1. The highest BCUT2D eigenvalue weighted by Gasteiger charge is 2.12. The van der Waals surface area contributed by atoms with Crippen molar-refractivity contribution in [1.82, 2.24) is 4.98 Å². The second-order valence-corrected chi connectivity index (χ2v) is 8.83. The molecule has 1 N–H and O–H groups in total. The number of hydrogen-bond donors (Lipinski definition) is 1. The molecule has 1 aromatic carbocycles. The number of anilines is 1. The van der Waals surface area contributed by atoms with E-state index in [0.29, 0.717) is 17.6 Å². The standard InChI is InChI=1S/C21H32N2O2S/c1-2-3-4-5-6-7-8-9-10-11-18-26(24,25)23-20-16-12-14-19-15-13-17-22-21(19)20/h12-17,23H,2-11,18H2,1H3. The molecule has 0 aliphatic carbocycles. The van der Waals surface area contributed by atoms with Gasteiger partial charge in [0.2, 0.25) is 10.0 Å². The Labute approximate surface area is 158 Å². The maximum Gasteiger partial charge on any atom is 0.232 e. The topological polar surface area (TPSA) is 59.1 Å². The molecule has 5 heteroatoms. The molecule has 4 nitrogen and oxygen atoms in total. The monoisotopic (exact) mass is 376 g/mol. The van der Waals surface area contributed by atoms with Gasteiger partial charge < -0.3 is 0 Å². The molecule has 2 rings (SSSR count). The summed E-state index contributed by atoms with van der Waals surface area (Å²) in [7, 11) is -3.32. The molecule has 0 fully saturated rings. The third-order valence-electron chi connectivity index (χ3n) is 4.66. The number of rotatable bonds is 13. The highest BCUT2D eigenvalue weighted by molar-refractivity contribution is 7.92. The van der Waals surface area contributed by atoms with E-state index in [9.17, 15) is 8.42 Å². The molecule has 0 aliphatic rings. The minimum Gasteiger partial charge on any atom is -0.281 e. The summed E-state index contributed by atoms with van der Waals surface area (Å²) in [6, 6.07) is 9.34. The minimum atomic E-state index is -3.32. The number of hydrogen-bond acceptors (Lipinski definition) is 3. The Morgan fingerprint density at radius 2 is 1.46 bits per heavy atom. The average molecular weight is 377 g/mol. The molecular weight excluding hydrogens is 344 g/mol. The van der Waals surface area contributed by atoms with E-state index < -0.39 is 10.0 Å². The number of pyridine rings is 1. The lowest BCUT2D eigenvalue weighted by Gasteiger charge is -2.10. The quantitative estimate of drug-likeness (QED) is 0.443. The first-order valence-electron chi connectivity index (χ1n) is 9.96. The zero-order chi connectivity index (χ0) is 18.7. The van der Waals surface area contributed by atoms with Crippen LogP contribution in [0.25, 0.3) is 10.9 Å². The second kappa shape index (κ2) is 11.2. The van der Waals surface area contributed by atoms with Gasteiger partial charge in [-0.3, -0.25) is 9.71 Å². The highest BCUT2D eigenvalue weighted by Crippen LogP contribution is 2.22. The molecule has 0 bridgehead atoms. The zero-order valence-electron chi connectivity index (χ0n) is 15.9. The van der Waals surface area contributed by atoms with Crippen LogP contribution in [0.3, 0.4) is 0 Å². The van der Waals surface area contributed by atoms with Crippen LogP contribution >= 0.6 is 0 Å². The third-order valence-corrected chi connectivity index (χ3v) is 6.02. The molecule has 1 heterocycles. The first-order valence-corrected chi connectivity index (χ1v) is 11.6. The normalized spacial score (nSPS) is 11.7. The molecule has 0 spiro atoms. The van der Waals surface area contributed by atoms with Crippen LogP contribution in [0, 0.1) is 0 Å². The first kappa shape index (κ1) is 20.7. The fraction of sp³-hybridized carbons (Fsp3) is 0.571. The fourth-order valence-electron chi connectivity index (χ4n) is 3.18. The molecular formula is C21H32N2O2S. The van der Waals surface area contributed by atoms with Crippen molar-refractivity contribution in [3.05, 3.63) is 36.5 Å². The Hall–Kier alpha value is -1.62. The number of unbranched alkanes of at least 4 members (excludes halogenated alkanes) is 9. The van der Waals surface area contributed by atoms with Gasteiger partial charge in [-0.2, -0.15) is 0 Å². The first-order chi connectivity index (χ1) is 12.6. The van der Waals surface area contributed by atoms with Gasteiger partial charge in [-0.25, -0.2) is 8.42 Å². The summed E-state index contributed by atoms with van der Waals surface area (Å²) in [6.45, 7) is 2.24. The maximum absolute atomic E-state index is 12.3. The van der Waals surface area contributed by atoms with E-state index >= 15 is 0 Å². The molecule has 26 heavy (non-hydrogen) atoms. The van der Waals surface area contributed by atoms with Gasteiger partial charge in [-0.15, -0.1) is 0 Å². The summed E-state index contributed by atoms with van der Waals surface area (Å²) >= 11 is 0. The predicted octanol–water partition coefficient (Wildman–Crippen LogP) is 5.90. The van der Waals surface area contributed by atoms with Crippen molar-refractivity contribution in [1.29, 1.82) is 0 Å². The summed E-state index contributed by atoms with van der Waals surface area (Å²) in [5.41, 5.74) is 1.26. The van der Waals surface area contributed by atoms with Crippen LogP contribution in [0.15, 0.2) is 36.5 Å². The Kier molecular flexibility index (Phi) is 8.89. The summed E-state index contributed by atoms with van der Waals surface area (Å²) in [5.74, 6) is 0.173. The van der Waals surface area contributed by atoms with Crippen molar-refractivity contribution in [2.75, 3.05) is 10.5 Å². The molecule has 0 saturated carbocycles. The molecule has 2 aromatic rings. The predicted molar refractivity (Wildman–Crippen MR) is 111 cm³/mol. The number of para-hydroxylation sites is 1. The summed E-state index contributed by atoms with van der Waals surface area (Å²) in [6.07, 6.45) is 13.6. The molecule has 0 saturated heterocycles. The smallest absolute Gasteiger partial charge is 0.232 e. The van der Waals surface area contributed by atoms with Crippen LogP contribution in [0.5, 0.6) is 0 Å². The van der Waals surface area contributed by atoms with E-state index in [2.05, 4.69) is 16.6 Å². The Balaban J connectivity index is 1.67. The van der Waals surface area contributed by atoms with Gasteiger partial charge in [-0.05, 0) is 18.6 Å². The number of benzene rings is 1. The SMILES string of the molecule is CCCCCCCCCCCCS(=O)(=O)Nc1cccc2cccnc12. The van der Waals surface area contributed by atoms with E-state index in [1.165, 1.54) is 44.9 Å². The average Bonchev–Trinajstić information content (AvgIpc) is 2.63. The van der Waals surface area contributed by atoms with Crippen LogP contribution in [0.2, 0.25) is 0 Å². The van der Waals surface area contributed by atoms with Gasteiger partial charge in [0.25, 0.3) is 0 Å². The van der Waals surface area contributed by atoms with Gasteiger partial charge in [0.1, 0.15) is 0 Å². The molecule has 144 valence electrons. The van der Waals surface area contributed by atoms with Gasteiger partial charge in [0.15, 0.2) is 0 Å². The van der Waals surface area contributed by atoms with E-state index in [-0.39, 0.29) is 5.75 Å². The summed E-state index contributed by atoms with van der Waals surface area (Å²) in [4.78, 5) is 4.30. The highest BCUT2D eigenvalue weighted by atomic mass is 32.2. The van der Waals surface area contributed by atoms with Crippen LogP contribution < -0.4 is 4.72 Å². The van der Waals surface area contributed by atoms with Gasteiger partial charge in [0.05, 0.1) is 17.0 Å². The number of fused-ring (bicyclic) bond motifs is 1. The van der Waals surface area contributed by atoms with Crippen molar-refractivity contribution in [3.63, 3.8) is 0 Å². The molecule has 0 radical (unpaired) electrons. The van der Waals surface area contributed by atoms with Crippen molar-refractivity contribution in [2.45, 2.75) is 71.1 Å². The molecule has 1 aromatic heterocycles. The van der Waals surface area contributed by atoms with Gasteiger partial charge >= 0.3 is 0 Å². The molecule has 0 unspecified atom stereocenters. The van der Waals surface area contributed by atoms with Crippen LogP contribution in [-0.2, 0) is 10.0 Å². The number of sulfonamides is 1. The molecule has 0 amide bonds. The van der Waals surface area contributed by atoms with Crippen molar-refractivity contribution in [2.24, 2.45) is 0 Å². The van der Waals surface area contributed by atoms with E-state index in [1.54, 1.807) is 12.3 Å². The van der Waals surface area contributed by atoms with E-state index in [1.807, 2.05) is 24.3 Å². The van der Waals surface area contributed by atoms with E-state index in [0.717, 1.165) is 18.2 Å². The minimum absolute atomic E-state index is 0.173. The lowest BCUT2D eigenvalue weighted by atomic mass is 10.1. The fourth-order valence-corrected chi connectivity index (χ4v) is 4.37. The third kappa shape index (κ3) is 7.32. The Bertz CT molecular complexity index is 754. The molecule has 0 aliphatic heterocycles. The van der Waals surface area contributed by atoms with Crippen LogP contribution in [0.4, 0.5) is 5.69 Å². The van der Waals surface area contributed by atoms with E-state index in [4.69, 9.17) is 0 Å². The Morgan fingerprint density at radius 3 is 2.15 bits per heavy atom. The summed E-state index contributed by atoms with van der Waals surface area (Å²) < 4.78 is 27.4. The lowest BCUT2D eigenvalue weighted by molar-refractivity contribution is 0.558. The van der Waals surface area contributed by atoms with Crippen LogP contribution in [-0.4, -0.2) is 19.2 Å². The lowest BCUT2D eigenvalue weighted by Crippen LogP contribution is -2.17. The van der Waals surface area contributed by atoms with Gasteiger partial charge in [0, 0.05) is 11.6 Å². The maximum atomic E-state index is 12.3.